The Kier molecular flexibility index (Phi) is 12.7. The Balaban J connectivity index is 0.00000361. The summed E-state index contributed by atoms with van der Waals surface area (Å²) >= 11 is 0. The molecule has 0 aromatic rings. The van der Waals surface area contributed by atoms with Crippen molar-refractivity contribution in [3.05, 3.63) is 0 Å². The average Bonchev–Trinajstić information content (AvgIpc) is 2.42. The molecular weight excluding hydrogens is 363 g/mol. The number of piperidine rings is 1. The van der Waals surface area contributed by atoms with Gasteiger partial charge in [0.1, 0.15) is 0 Å². The molecule has 1 heterocycles. The third kappa shape index (κ3) is 9.00. The van der Waals surface area contributed by atoms with Crippen molar-refractivity contribution in [3.63, 3.8) is 0 Å². The molecule has 0 spiro atoms. The fourth-order valence-corrected chi connectivity index (χ4v) is 2.39. The summed E-state index contributed by atoms with van der Waals surface area (Å²) in [6.07, 6.45) is 6.37. The molecule has 0 amide bonds. The minimum atomic E-state index is 0. The summed E-state index contributed by atoms with van der Waals surface area (Å²) in [6.45, 7) is 9.75. The number of nitrogens with zero attached hydrogens (tertiary/aromatic N) is 2. The number of rotatable bonds is 7. The average molecular weight is 396 g/mol. The van der Waals surface area contributed by atoms with Crippen molar-refractivity contribution < 1.29 is 0 Å². The van der Waals surface area contributed by atoms with E-state index in [-0.39, 0.29) is 24.0 Å². The van der Waals surface area contributed by atoms with Crippen LogP contribution in [0.5, 0.6) is 0 Å². The van der Waals surface area contributed by atoms with E-state index in [1.165, 1.54) is 45.2 Å². The van der Waals surface area contributed by atoms with Gasteiger partial charge >= 0.3 is 0 Å². The van der Waals surface area contributed by atoms with E-state index in [2.05, 4.69) is 36.4 Å². The number of guanidine groups is 1. The largest absolute Gasteiger partial charge is 0.357 e. The zero-order chi connectivity index (χ0) is 13.9. The molecule has 0 unspecified atom stereocenters. The molecule has 0 saturated carbocycles. The third-order valence-electron chi connectivity index (χ3n) is 3.76. The van der Waals surface area contributed by atoms with Crippen molar-refractivity contribution >= 4 is 29.9 Å². The summed E-state index contributed by atoms with van der Waals surface area (Å²) < 4.78 is 0. The molecule has 5 heteroatoms. The summed E-state index contributed by atoms with van der Waals surface area (Å²) in [7, 11) is 2.21. The van der Waals surface area contributed by atoms with Gasteiger partial charge in [0.05, 0.1) is 0 Å². The van der Waals surface area contributed by atoms with Crippen molar-refractivity contribution in [2.75, 3.05) is 39.8 Å². The van der Waals surface area contributed by atoms with E-state index >= 15 is 0 Å². The van der Waals surface area contributed by atoms with Gasteiger partial charge in [-0.15, -0.1) is 24.0 Å². The normalized spacial score (nSPS) is 17.6. The van der Waals surface area contributed by atoms with Gasteiger partial charge in [-0.2, -0.15) is 0 Å². The fraction of sp³-hybridized carbons (Fsp3) is 0.933. The smallest absolute Gasteiger partial charge is 0.191 e. The van der Waals surface area contributed by atoms with Gasteiger partial charge in [0.25, 0.3) is 0 Å². The van der Waals surface area contributed by atoms with Gasteiger partial charge in [-0.25, -0.2) is 0 Å². The van der Waals surface area contributed by atoms with E-state index in [1.807, 2.05) is 0 Å². The number of halogens is 1. The van der Waals surface area contributed by atoms with Gasteiger partial charge in [0.2, 0.25) is 0 Å². The maximum atomic E-state index is 4.74. The summed E-state index contributed by atoms with van der Waals surface area (Å²) in [5.74, 6) is 1.76. The Morgan fingerprint density at radius 2 is 1.85 bits per heavy atom. The lowest BCUT2D eigenvalue weighted by Gasteiger charge is -2.28. The number of unbranched alkanes of at least 4 members (excludes halogenated alkanes) is 2. The van der Waals surface area contributed by atoms with Gasteiger partial charge < -0.3 is 15.5 Å². The molecule has 0 radical (unpaired) electrons. The first-order valence-electron chi connectivity index (χ1n) is 7.97. The number of aliphatic imine (C=N–C) groups is 1. The first-order chi connectivity index (χ1) is 9.26. The molecule has 0 aromatic carbocycles. The molecule has 2 N–H and O–H groups in total. The number of hydrogen-bond acceptors (Lipinski definition) is 2. The maximum absolute atomic E-state index is 4.74. The van der Waals surface area contributed by atoms with Crippen molar-refractivity contribution in [3.8, 4) is 0 Å². The predicted octanol–water partition coefficient (Wildman–Crippen LogP) is 2.69. The van der Waals surface area contributed by atoms with E-state index in [4.69, 9.17) is 4.99 Å². The van der Waals surface area contributed by atoms with Gasteiger partial charge in [-0.1, -0.05) is 19.8 Å². The van der Waals surface area contributed by atoms with Crippen LogP contribution in [0, 0.1) is 5.92 Å². The molecule has 1 aliphatic rings. The molecule has 0 bridgehead atoms. The Morgan fingerprint density at radius 1 is 1.15 bits per heavy atom. The molecule has 4 nitrogen and oxygen atoms in total. The Morgan fingerprint density at radius 3 is 2.45 bits per heavy atom. The predicted molar refractivity (Wildman–Crippen MR) is 99.1 cm³/mol. The molecule has 0 aromatic heterocycles. The lowest BCUT2D eigenvalue weighted by atomic mass is 9.97. The van der Waals surface area contributed by atoms with Crippen LogP contribution in [0.25, 0.3) is 0 Å². The highest BCUT2D eigenvalue weighted by Gasteiger charge is 2.16. The van der Waals surface area contributed by atoms with Crippen LogP contribution in [0.3, 0.4) is 0 Å². The molecular formula is C15H33IN4. The lowest BCUT2D eigenvalue weighted by molar-refractivity contribution is 0.223. The van der Waals surface area contributed by atoms with Crippen LogP contribution in [0.1, 0.15) is 46.0 Å². The van der Waals surface area contributed by atoms with Gasteiger partial charge in [-0.05, 0) is 52.2 Å². The maximum Gasteiger partial charge on any atom is 0.191 e. The van der Waals surface area contributed by atoms with E-state index < -0.39 is 0 Å². The molecule has 1 saturated heterocycles. The van der Waals surface area contributed by atoms with Crippen LogP contribution in [-0.2, 0) is 0 Å². The van der Waals surface area contributed by atoms with Crippen LogP contribution < -0.4 is 10.6 Å². The quantitative estimate of drug-likeness (QED) is 0.301. The van der Waals surface area contributed by atoms with Crippen LogP contribution in [0.2, 0.25) is 0 Å². The van der Waals surface area contributed by atoms with Crippen molar-refractivity contribution in [1.29, 1.82) is 0 Å². The van der Waals surface area contributed by atoms with E-state index in [1.54, 1.807) is 0 Å². The van der Waals surface area contributed by atoms with Crippen LogP contribution >= 0.6 is 24.0 Å². The highest BCUT2D eigenvalue weighted by Crippen LogP contribution is 2.15. The zero-order valence-electron chi connectivity index (χ0n) is 13.5. The lowest BCUT2D eigenvalue weighted by Crippen LogP contribution is -2.38. The fourth-order valence-electron chi connectivity index (χ4n) is 2.39. The zero-order valence-corrected chi connectivity index (χ0v) is 15.8. The molecule has 120 valence electrons. The molecule has 1 aliphatic heterocycles. The number of hydrogen-bond donors (Lipinski definition) is 2. The van der Waals surface area contributed by atoms with Crippen LogP contribution in [0.4, 0.5) is 0 Å². The standard InChI is InChI=1S/C15H32N4.HI/c1-4-6-7-10-17-15(16-5-2)18-13-14-8-11-19(3)12-9-14;/h14H,4-13H2,1-3H3,(H2,16,17,18);1H. The monoisotopic (exact) mass is 396 g/mol. The molecule has 1 fully saturated rings. The molecule has 0 aliphatic carbocycles. The first kappa shape index (κ1) is 20.0. The topological polar surface area (TPSA) is 39.7 Å². The van der Waals surface area contributed by atoms with Gasteiger partial charge in [0.15, 0.2) is 5.96 Å². The Labute approximate surface area is 142 Å². The summed E-state index contributed by atoms with van der Waals surface area (Å²) in [5, 5.41) is 6.77. The summed E-state index contributed by atoms with van der Waals surface area (Å²) in [4.78, 5) is 7.15. The SMILES string of the molecule is CCCCCNC(=NCC1CCN(C)CC1)NCC.I. The van der Waals surface area contributed by atoms with Crippen molar-refractivity contribution in [2.24, 2.45) is 10.9 Å². The third-order valence-corrected chi connectivity index (χ3v) is 3.76. The van der Waals surface area contributed by atoms with Gasteiger partial charge in [-0.3, -0.25) is 4.99 Å². The van der Waals surface area contributed by atoms with E-state index in [0.29, 0.717) is 0 Å². The number of nitrogens with one attached hydrogen (secondary N) is 2. The van der Waals surface area contributed by atoms with Crippen LogP contribution in [0.15, 0.2) is 4.99 Å². The van der Waals surface area contributed by atoms with Crippen molar-refractivity contribution in [2.45, 2.75) is 46.0 Å². The second-order valence-corrected chi connectivity index (χ2v) is 5.60. The highest BCUT2D eigenvalue weighted by atomic mass is 127. The molecule has 0 atom stereocenters. The summed E-state index contributed by atoms with van der Waals surface area (Å²) in [5.41, 5.74) is 0. The molecule has 20 heavy (non-hydrogen) atoms. The van der Waals surface area contributed by atoms with Gasteiger partial charge in [0, 0.05) is 19.6 Å². The van der Waals surface area contributed by atoms with E-state index in [0.717, 1.165) is 31.5 Å². The minimum Gasteiger partial charge on any atom is -0.357 e. The second kappa shape index (κ2) is 12.7. The minimum absolute atomic E-state index is 0. The second-order valence-electron chi connectivity index (χ2n) is 5.60. The highest BCUT2D eigenvalue weighted by molar-refractivity contribution is 14.0. The Hall–Kier alpha value is -0.0400. The van der Waals surface area contributed by atoms with Crippen LogP contribution in [-0.4, -0.2) is 50.6 Å². The Bertz CT molecular complexity index is 250. The first-order valence-corrected chi connectivity index (χ1v) is 7.97. The molecule has 1 rings (SSSR count). The summed E-state index contributed by atoms with van der Waals surface area (Å²) in [6, 6.07) is 0. The van der Waals surface area contributed by atoms with E-state index in [9.17, 15) is 0 Å². The number of likely N-dealkylation sites (tertiary alicyclic amines) is 1. The van der Waals surface area contributed by atoms with Crippen molar-refractivity contribution in [1.82, 2.24) is 15.5 Å².